The van der Waals surface area contributed by atoms with Gasteiger partial charge >= 0.3 is 0 Å². The Morgan fingerprint density at radius 3 is 2.52 bits per heavy atom. The van der Waals surface area contributed by atoms with Gasteiger partial charge in [-0.15, -0.1) is 0 Å². The van der Waals surface area contributed by atoms with Crippen LogP contribution in [0.15, 0.2) is 41.6 Å². The van der Waals surface area contributed by atoms with E-state index in [1.54, 1.807) is 18.5 Å². The first-order chi connectivity index (χ1) is 15.6. The third-order valence-corrected chi connectivity index (χ3v) is 7.25. The van der Waals surface area contributed by atoms with Crippen LogP contribution in [0.5, 0.6) is 0 Å². The molecule has 0 aliphatic heterocycles. The molecular formula is C24H31ClN4O3S. The van der Waals surface area contributed by atoms with Crippen LogP contribution in [0.4, 0.5) is 5.82 Å². The van der Waals surface area contributed by atoms with Crippen molar-refractivity contribution in [3.05, 3.63) is 52.9 Å². The number of benzene rings is 1. The van der Waals surface area contributed by atoms with Gasteiger partial charge in [0.25, 0.3) is 5.91 Å². The Bertz CT molecular complexity index is 1110. The highest BCUT2D eigenvalue weighted by Crippen LogP contribution is 2.32. The van der Waals surface area contributed by atoms with E-state index < -0.39 is 9.84 Å². The van der Waals surface area contributed by atoms with Crippen molar-refractivity contribution >= 4 is 38.7 Å². The van der Waals surface area contributed by atoms with Crippen molar-refractivity contribution in [2.45, 2.75) is 43.4 Å². The van der Waals surface area contributed by atoms with Gasteiger partial charge in [-0.05, 0) is 69.9 Å². The summed E-state index contributed by atoms with van der Waals surface area (Å²) in [7, 11) is 0.605. The minimum atomic E-state index is -3.46. The Morgan fingerprint density at radius 2 is 1.94 bits per heavy atom. The van der Waals surface area contributed by atoms with E-state index in [2.05, 4.69) is 20.2 Å². The molecule has 9 heteroatoms. The molecule has 0 bridgehead atoms. The average molecular weight is 491 g/mol. The molecule has 1 N–H and O–H groups in total. The van der Waals surface area contributed by atoms with Crippen molar-refractivity contribution in [1.82, 2.24) is 14.9 Å². The molecule has 1 saturated carbocycles. The summed E-state index contributed by atoms with van der Waals surface area (Å²) in [4.78, 5) is 24.1. The van der Waals surface area contributed by atoms with E-state index in [1.807, 2.05) is 20.2 Å². The van der Waals surface area contributed by atoms with Gasteiger partial charge < -0.3 is 10.2 Å². The third-order valence-electron chi connectivity index (χ3n) is 5.67. The molecule has 7 nitrogen and oxygen atoms in total. The number of carbonyl (C=O) groups is 1. The van der Waals surface area contributed by atoms with E-state index in [4.69, 9.17) is 11.6 Å². The molecule has 0 saturated heterocycles. The quantitative estimate of drug-likeness (QED) is 0.528. The van der Waals surface area contributed by atoms with Crippen molar-refractivity contribution in [1.29, 1.82) is 0 Å². The highest BCUT2D eigenvalue weighted by atomic mass is 35.5. The molecule has 0 radical (unpaired) electrons. The van der Waals surface area contributed by atoms with Crippen LogP contribution in [0.3, 0.4) is 0 Å². The van der Waals surface area contributed by atoms with Gasteiger partial charge in [-0.25, -0.2) is 13.4 Å². The highest BCUT2D eigenvalue weighted by Gasteiger charge is 2.21. The zero-order chi connectivity index (χ0) is 24.0. The van der Waals surface area contributed by atoms with Crippen molar-refractivity contribution in [2.75, 3.05) is 32.2 Å². The van der Waals surface area contributed by atoms with Crippen molar-refractivity contribution in [3.8, 4) is 0 Å². The van der Waals surface area contributed by atoms with Crippen LogP contribution in [-0.2, 0) is 21.1 Å². The van der Waals surface area contributed by atoms with Crippen LogP contribution in [0.2, 0.25) is 5.02 Å². The monoisotopic (exact) mass is 490 g/mol. The second-order valence-corrected chi connectivity index (χ2v) is 11.2. The fourth-order valence-electron chi connectivity index (χ4n) is 3.94. The molecule has 178 valence electrons. The second kappa shape index (κ2) is 11.2. The molecule has 1 aliphatic rings. The first-order valence-corrected chi connectivity index (χ1v) is 13.4. The first-order valence-electron chi connectivity index (χ1n) is 11.1. The Labute approximate surface area is 201 Å². The lowest BCUT2D eigenvalue weighted by Crippen LogP contribution is -2.16. The van der Waals surface area contributed by atoms with Crippen LogP contribution in [0.25, 0.3) is 5.57 Å². The number of nitrogens with one attached hydrogen (secondary N) is 1. The Hall–Kier alpha value is -2.29. The number of amides is 1. The Morgan fingerprint density at radius 1 is 1.21 bits per heavy atom. The van der Waals surface area contributed by atoms with E-state index >= 15 is 0 Å². The fourth-order valence-corrected chi connectivity index (χ4v) is 5.27. The molecule has 33 heavy (non-hydrogen) atoms. The zero-order valence-corrected chi connectivity index (χ0v) is 20.9. The molecule has 1 aliphatic carbocycles. The van der Waals surface area contributed by atoms with Crippen LogP contribution in [0.1, 0.15) is 43.4 Å². The standard InChI is InChI=1S/C24H31ClN4O3S/c1-29(2)12-6-9-19-15-27-23(16-26-19)28-24(30)20(13-17-7-4-5-8-17)18-10-11-22(21(25)14-18)33(3,31)32/h10-11,13-17H,4-9,12H2,1-3H3,(H,27,28,30)/b20-13+. The predicted octanol–water partition coefficient (Wildman–Crippen LogP) is 4.24. The number of sulfone groups is 1. The number of aromatic nitrogens is 2. The van der Waals surface area contributed by atoms with Crippen molar-refractivity contribution in [2.24, 2.45) is 5.92 Å². The summed E-state index contributed by atoms with van der Waals surface area (Å²) in [5, 5.41) is 2.93. The molecule has 0 unspecified atom stereocenters. The van der Waals surface area contributed by atoms with Crippen LogP contribution in [0, 0.1) is 5.92 Å². The largest absolute Gasteiger partial charge is 0.309 e. The lowest BCUT2D eigenvalue weighted by Gasteiger charge is -2.13. The molecule has 0 spiro atoms. The summed E-state index contributed by atoms with van der Waals surface area (Å²) < 4.78 is 23.8. The van der Waals surface area contributed by atoms with Gasteiger partial charge in [0.2, 0.25) is 0 Å². The van der Waals surface area contributed by atoms with E-state index in [1.165, 1.54) is 12.1 Å². The maximum Gasteiger partial charge on any atom is 0.257 e. The highest BCUT2D eigenvalue weighted by molar-refractivity contribution is 7.90. The van der Waals surface area contributed by atoms with Crippen molar-refractivity contribution < 1.29 is 13.2 Å². The van der Waals surface area contributed by atoms with Crippen LogP contribution in [-0.4, -0.2) is 56.1 Å². The van der Waals surface area contributed by atoms with Gasteiger partial charge in [0.05, 0.1) is 28.0 Å². The molecule has 1 heterocycles. The average Bonchev–Trinajstić information content (AvgIpc) is 3.25. The van der Waals surface area contributed by atoms with Gasteiger partial charge in [-0.2, -0.15) is 0 Å². The molecule has 0 atom stereocenters. The summed E-state index contributed by atoms with van der Waals surface area (Å²) in [6, 6.07) is 4.62. The van der Waals surface area contributed by atoms with Gasteiger partial charge in [-0.3, -0.25) is 9.78 Å². The zero-order valence-electron chi connectivity index (χ0n) is 19.3. The number of rotatable bonds is 9. The lowest BCUT2D eigenvalue weighted by molar-refractivity contribution is -0.111. The number of hydrogen-bond donors (Lipinski definition) is 1. The topological polar surface area (TPSA) is 92.3 Å². The normalized spacial score (nSPS) is 15.2. The molecule has 2 aromatic rings. The van der Waals surface area contributed by atoms with Crippen LogP contribution < -0.4 is 5.32 Å². The van der Waals surface area contributed by atoms with Gasteiger partial charge in [-0.1, -0.05) is 36.6 Å². The fraction of sp³-hybridized carbons (Fsp3) is 0.458. The number of hydrogen-bond acceptors (Lipinski definition) is 6. The molecule has 1 amide bonds. The first kappa shape index (κ1) is 25.3. The Kier molecular flexibility index (Phi) is 8.62. The van der Waals surface area contributed by atoms with E-state index in [0.717, 1.165) is 57.0 Å². The smallest absolute Gasteiger partial charge is 0.257 e. The summed E-state index contributed by atoms with van der Waals surface area (Å²) in [6.07, 6.45) is 12.4. The second-order valence-electron chi connectivity index (χ2n) is 8.80. The molecule has 1 aromatic heterocycles. The maximum absolute atomic E-state index is 13.2. The summed E-state index contributed by atoms with van der Waals surface area (Å²) >= 11 is 6.25. The number of halogens is 1. The maximum atomic E-state index is 13.2. The van der Waals surface area contributed by atoms with Gasteiger partial charge in [0, 0.05) is 11.8 Å². The van der Waals surface area contributed by atoms with E-state index in [0.29, 0.717) is 22.9 Å². The number of carbonyl (C=O) groups excluding carboxylic acids is 1. The van der Waals surface area contributed by atoms with Crippen molar-refractivity contribution in [3.63, 3.8) is 0 Å². The van der Waals surface area contributed by atoms with E-state index in [9.17, 15) is 13.2 Å². The SMILES string of the molecule is CN(C)CCCc1cnc(NC(=O)/C(=C/C2CCCC2)c2ccc(S(C)(=O)=O)c(Cl)c2)cn1. The minimum Gasteiger partial charge on any atom is -0.309 e. The van der Waals surface area contributed by atoms with Gasteiger partial charge in [0.1, 0.15) is 0 Å². The Balaban J connectivity index is 1.80. The molecule has 1 aromatic carbocycles. The number of aryl methyl sites for hydroxylation is 1. The molecule has 1 fully saturated rings. The molecule has 3 rings (SSSR count). The number of allylic oxidation sites excluding steroid dienone is 1. The minimum absolute atomic E-state index is 0.0456. The van der Waals surface area contributed by atoms with Gasteiger partial charge in [0.15, 0.2) is 15.7 Å². The third kappa shape index (κ3) is 7.35. The number of anilines is 1. The number of nitrogens with zero attached hydrogens (tertiary/aromatic N) is 3. The predicted molar refractivity (Wildman–Crippen MR) is 132 cm³/mol. The van der Waals surface area contributed by atoms with Crippen LogP contribution >= 0.6 is 11.6 Å². The summed E-state index contributed by atoms with van der Waals surface area (Å²) in [5.41, 5.74) is 1.91. The lowest BCUT2D eigenvalue weighted by atomic mass is 9.98. The molecular weight excluding hydrogens is 460 g/mol. The summed E-state index contributed by atoms with van der Waals surface area (Å²) in [6.45, 7) is 0.968. The van der Waals surface area contributed by atoms with E-state index in [-0.39, 0.29) is 15.8 Å². The summed E-state index contributed by atoms with van der Waals surface area (Å²) in [5.74, 6) is 0.344.